The molecule has 5 heteroatoms. The maximum Gasteiger partial charge on any atom is 0.307 e. The van der Waals surface area contributed by atoms with Crippen LogP contribution in [0.1, 0.15) is 37.4 Å². The summed E-state index contributed by atoms with van der Waals surface area (Å²) in [6.07, 6.45) is 0.334. The van der Waals surface area contributed by atoms with Gasteiger partial charge in [0, 0.05) is 18.6 Å². The maximum atomic E-state index is 11.8. The fourth-order valence-corrected chi connectivity index (χ4v) is 3.23. The van der Waals surface area contributed by atoms with Gasteiger partial charge in [-0.05, 0) is 37.1 Å². The Morgan fingerprint density at radius 3 is 2.22 bits per heavy atom. The van der Waals surface area contributed by atoms with Crippen LogP contribution in [0.5, 0.6) is 11.5 Å². The molecular formula is C22H29NO4. The normalized spacial score (nSPS) is 13.1. The van der Waals surface area contributed by atoms with Gasteiger partial charge in [-0.2, -0.15) is 0 Å². The summed E-state index contributed by atoms with van der Waals surface area (Å²) >= 11 is 0. The summed E-state index contributed by atoms with van der Waals surface area (Å²) in [5.74, 6) is 1.19. The summed E-state index contributed by atoms with van der Waals surface area (Å²) in [4.78, 5) is 14.1. The van der Waals surface area contributed by atoms with Crippen LogP contribution in [0.4, 0.5) is 0 Å². The van der Waals surface area contributed by atoms with Gasteiger partial charge < -0.3 is 14.2 Å². The Bertz CT molecular complexity index is 732. The van der Waals surface area contributed by atoms with Crippen LogP contribution in [-0.4, -0.2) is 38.2 Å². The molecule has 2 atom stereocenters. The van der Waals surface area contributed by atoms with E-state index in [1.54, 1.807) is 14.2 Å². The molecular weight excluding hydrogens is 342 g/mol. The molecule has 0 spiro atoms. The summed E-state index contributed by atoms with van der Waals surface area (Å²) in [6.45, 7) is 4.88. The Kier molecular flexibility index (Phi) is 7.67. The van der Waals surface area contributed by atoms with Crippen molar-refractivity contribution in [3.63, 3.8) is 0 Å². The highest BCUT2D eigenvalue weighted by atomic mass is 16.5. The zero-order chi connectivity index (χ0) is 19.8. The van der Waals surface area contributed by atoms with Crippen LogP contribution >= 0.6 is 0 Å². The van der Waals surface area contributed by atoms with Crippen LogP contribution in [0.3, 0.4) is 0 Å². The lowest BCUT2D eigenvalue weighted by Gasteiger charge is -2.34. The molecule has 0 aliphatic rings. The van der Waals surface area contributed by atoms with Gasteiger partial charge in [0.1, 0.15) is 0 Å². The van der Waals surface area contributed by atoms with E-state index in [1.165, 1.54) is 12.7 Å². The topological polar surface area (TPSA) is 48.0 Å². The third-order valence-corrected chi connectivity index (χ3v) is 4.85. The third-order valence-electron chi connectivity index (χ3n) is 4.85. The molecule has 0 aliphatic carbocycles. The minimum Gasteiger partial charge on any atom is -0.493 e. The van der Waals surface area contributed by atoms with Crippen molar-refractivity contribution < 1.29 is 19.0 Å². The lowest BCUT2D eigenvalue weighted by Crippen LogP contribution is -2.36. The highest BCUT2D eigenvalue weighted by Gasteiger charge is 2.24. The summed E-state index contributed by atoms with van der Waals surface area (Å²) in [7, 11) is 4.68. The van der Waals surface area contributed by atoms with Crippen molar-refractivity contribution in [3.05, 3.63) is 59.7 Å². The Morgan fingerprint density at radius 2 is 1.63 bits per heavy atom. The van der Waals surface area contributed by atoms with E-state index in [0.29, 0.717) is 24.5 Å². The van der Waals surface area contributed by atoms with E-state index < -0.39 is 0 Å². The average Bonchev–Trinajstić information content (AvgIpc) is 2.71. The Labute approximate surface area is 161 Å². The van der Waals surface area contributed by atoms with Crippen molar-refractivity contribution in [1.29, 1.82) is 0 Å². The van der Waals surface area contributed by atoms with Crippen molar-refractivity contribution in [2.75, 3.05) is 21.3 Å². The van der Waals surface area contributed by atoms with E-state index >= 15 is 0 Å². The molecule has 0 amide bonds. The minimum absolute atomic E-state index is 0.0146. The van der Waals surface area contributed by atoms with Crippen molar-refractivity contribution in [2.45, 2.75) is 38.9 Å². The van der Waals surface area contributed by atoms with E-state index in [2.05, 4.69) is 30.9 Å². The Hall–Kier alpha value is -2.53. The number of hydrogen-bond acceptors (Lipinski definition) is 5. The number of methoxy groups -OCH3 is 3. The van der Waals surface area contributed by atoms with Crippen LogP contribution in [0.15, 0.2) is 48.5 Å². The maximum absolute atomic E-state index is 11.8. The smallest absolute Gasteiger partial charge is 0.307 e. The first-order valence-corrected chi connectivity index (χ1v) is 9.08. The van der Waals surface area contributed by atoms with Gasteiger partial charge >= 0.3 is 5.97 Å². The zero-order valence-corrected chi connectivity index (χ0v) is 16.8. The van der Waals surface area contributed by atoms with Crippen LogP contribution in [-0.2, 0) is 16.1 Å². The van der Waals surface area contributed by atoms with E-state index in [1.807, 2.05) is 36.4 Å². The molecule has 0 heterocycles. The number of carbonyl (C=O) groups excluding carboxylic acids is 1. The molecule has 2 aromatic rings. The van der Waals surface area contributed by atoms with Gasteiger partial charge in [0.05, 0.1) is 27.8 Å². The molecule has 0 aliphatic heterocycles. The second kappa shape index (κ2) is 9.97. The lowest BCUT2D eigenvalue weighted by atomic mass is 10.0. The summed E-state index contributed by atoms with van der Waals surface area (Å²) in [5, 5.41) is 0. The molecule has 0 aromatic heterocycles. The van der Waals surface area contributed by atoms with Crippen molar-refractivity contribution in [2.24, 2.45) is 0 Å². The number of ether oxygens (including phenoxy) is 3. The second-order valence-corrected chi connectivity index (χ2v) is 6.58. The fourth-order valence-electron chi connectivity index (χ4n) is 3.23. The highest BCUT2D eigenvalue weighted by molar-refractivity contribution is 5.69. The molecule has 0 saturated carbocycles. The van der Waals surface area contributed by atoms with Gasteiger partial charge in [0.2, 0.25) is 0 Å². The number of esters is 1. The van der Waals surface area contributed by atoms with Gasteiger partial charge in [-0.1, -0.05) is 36.4 Å². The number of benzene rings is 2. The Morgan fingerprint density at radius 1 is 0.963 bits per heavy atom. The first-order valence-electron chi connectivity index (χ1n) is 9.08. The molecule has 0 radical (unpaired) electrons. The van der Waals surface area contributed by atoms with E-state index in [4.69, 9.17) is 14.2 Å². The van der Waals surface area contributed by atoms with Gasteiger partial charge in [0.15, 0.2) is 11.5 Å². The molecule has 5 nitrogen and oxygen atoms in total. The molecule has 2 rings (SSSR count). The standard InChI is InChI=1S/C22H29NO4/c1-16(13-22(24)27-5)23(17(2)19-9-7-6-8-10-19)15-18-11-12-20(25-3)21(14-18)26-4/h6-12,14,16-17H,13,15H2,1-5H3/t16?,17-/m1/s1. The van der Waals surface area contributed by atoms with Crippen LogP contribution in [0, 0.1) is 0 Å². The molecule has 0 saturated heterocycles. The largest absolute Gasteiger partial charge is 0.493 e. The van der Waals surface area contributed by atoms with E-state index in [9.17, 15) is 4.79 Å². The molecule has 2 aromatic carbocycles. The van der Waals surface area contributed by atoms with E-state index in [0.717, 1.165) is 5.56 Å². The predicted octanol–water partition coefficient (Wildman–Crippen LogP) is 4.22. The number of nitrogens with zero attached hydrogens (tertiary/aromatic N) is 1. The summed E-state index contributed by atoms with van der Waals surface area (Å²) in [5.41, 5.74) is 2.29. The lowest BCUT2D eigenvalue weighted by molar-refractivity contribution is -0.142. The van der Waals surface area contributed by atoms with E-state index in [-0.39, 0.29) is 18.1 Å². The summed E-state index contributed by atoms with van der Waals surface area (Å²) in [6, 6.07) is 16.4. The van der Waals surface area contributed by atoms with Gasteiger partial charge in [-0.3, -0.25) is 9.69 Å². The SMILES string of the molecule is COC(=O)CC(C)N(Cc1ccc(OC)c(OC)c1)[C@H](C)c1ccccc1. The van der Waals surface area contributed by atoms with Crippen molar-refractivity contribution >= 4 is 5.97 Å². The molecule has 27 heavy (non-hydrogen) atoms. The van der Waals surface area contributed by atoms with Gasteiger partial charge in [-0.25, -0.2) is 0 Å². The molecule has 0 N–H and O–H groups in total. The van der Waals surface area contributed by atoms with Crippen LogP contribution in [0.2, 0.25) is 0 Å². The minimum atomic E-state index is -0.208. The number of carbonyl (C=O) groups is 1. The molecule has 1 unspecified atom stereocenters. The van der Waals surface area contributed by atoms with Gasteiger partial charge in [-0.15, -0.1) is 0 Å². The molecule has 0 fully saturated rings. The monoisotopic (exact) mass is 371 g/mol. The third kappa shape index (κ3) is 5.47. The fraction of sp³-hybridized carbons (Fsp3) is 0.409. The van der Waals surface area contributed by atoms with Crippen molar-refractivity contribution in [1.82, 2.24) is 4.90 Å². The quantitative estimate of drug-likeness (QED) is 0.618. The zero-order valence-electron chi connectivity index (χ0n) is 16.8. The first kappa shape index (κ1) is 20.8. The van der Waals surface area contributed by atoms with Crippen LogP contribution in [0.25, 0.3) is 0 Å². The summed E-state index contributed by atoms with van der Waals surface area (Å²) < 4.78 is 15.6. The second-order valence-electron chi connectivity index (χ2n) is 6.58. The highest BCUT2D eigenvalue weighted by Crippen LogP contribution is 2.31. The number of rotatable bonds is 9. The van der Waals surface area contributed by atoms with Crippen molar-refractivity contribution in [3.8, 4) is 11.5 Å². The van der Waals surface area contributed by atoms with Crippen LogP contribution < -0.4 is 9.47 Å². The molecule has 0 bridgehead atoms. The van der Waals surface area contributed by atoms with Gasteiger partial charge in [0.25, 0.3) is 0 Å². The molecule has 146 valence electrons. The average molecular weight is 371 g/mol. The Balaban J connectivity index is 2.30. The predicted molar refractivity (Wildman–Crippen MR) is 106 cm³/mol. The number of hydrogen-bond donors (Lipinski definition) is 0. The first-order chi connectivity index (χ1) is 13.0.